The van der Waals surface area contributed by atoms with Gasteiger partial charge in [0, 0.05) is 5.02 Å². The number of hydrogen-bond acceptors (Lipinski definition) is 3. The maximum absolute atomic E-state index is 11.3. The van der Waals surface area contributed by atoms with Crippen molar-refractivity contribution in [3.05, 3.63) is 28.8 Å². The highest BCUT2D eigenvalue weighted by Crippen LogP contribution is 2.20. The number of nitrogens with two attached hydrogens (primary N) is 1. The molecule has 0 spiro atoms. The van der Waals surface area contributed by atoms with E-state index in [1.165, 1.54) is 25.1 Å². The molecule has 0 heterocycles. The number of benzene rings is 1. The van der Waals surface area contributed by atoms with Crippen molar-refractivity contribution in [3.63, 3.8) is 0 Å². The monoisotopic (exact) mass is 242 g/mol. The van der Waals surface area contributed by atoms with Crippen LogP contribution >= 0.6 is 11.6 Å². The normalized spacial score (nSPS) is 11.9. The number of rotatable bonds is 3. The first-order valence-corrected chi connectivity index (χ1v) is 4.89. The molecule has 6 heteroatoms. The van der Waals surface area contributed by atoms with Crippen molar-refractivity contribution in [2.24, 2.45) is 5.73 Å². The van der Waals surface area contributed by atoms with Crippen molar-refractivity contribution < 1.29 is 14.7 Å². The second-order valence-electron chi connectivity index (χ2n) is 3.27. The topological polar surface area (TPSA) is 92.4 Å². The van der Waals surface area contributed by atoms with Gasteiger partial charge < -0.3 is 16.2 Å². The number of anilines is 1. The molecule has 0 aromatic heterocycles. The fourth-order valence-corrected chi connectivity index (χ4v) is 1.22. The minimum absolute atomic E-state index is 0.0681. The van der Waals surface area contributed by atoms with E-state index in [4.69, 9.17) is 22.4 Å². The number of hydrogen-bond donors (Lipinski definition) is 3. The molecule has 0 saturated heterocycles. The van der Waals surface area contributed by atoms with E-state index in [-0.39, 0.29) is 16.3 Å². The lowest BCUT2D eigenvalue weighted by atomic mass is 10.1. The number of aromatic carboxylic acids is 1. The van der Waals surface area contributed by atoms with E-state index < -0.39 is 17.9 Å². The fraction of sp³-hybridized carbons (Fsp3) is 0.200. The Bertz CT molecular complexity index is 432. The van der Waals surface area contributed by atoms with E-state index in [1.807, 2.05) is 0 Å². The first kappa shape index (κ1) is 12.5. The van der Waals surface area contributed by atoms with Crippen LogP contribution in [0.2, 0.25) is 5.02 Å². The molecule has 5 nitrogen and oxygen atoms in total. The summed E-state index contributed by atoms with van der Waals surface area (Å²) in [6.45, 7) is 1.51. The van der Waals surface area contributed by atoms with E-state index in [0.29, 0.717) is 0 Å². The smallest absolute Gasteiger partial charge is 0.337 e. The highest BCUT2D eigenvalue weighted by atomic mass is 35.5. The largest absolute Gasteiger partial charge is 0.478 e. The quantitative estimate of drug-likeness (QED) is 0.745. The van der Waals surface area contributed by atoms with Crippen molar-refractivity contribution >= 4 is 29.2 Å². The first-order chi connectivity index (χ1) is 7.41. The zero-order valence-corrected chi connectivity index (χ0v) is 9.28. The molecule has 0 aliphatic heterocycles. The van der Waals surface area contributed by atoms with Crippen LogP contribution in [0, 0.1) is 0 Å². The van der Waals surface area contributed by atoms with Gasteiger partial charge in [0.25, 0.3) is 0 Å². The summed E-state index contributed by atoms with van der Waals surface area (Å²) in [6, 6.07) is 3.47. The van der Waals surface area contributed by atoms with Gasteiger partial charge >= 0.3 is 5.97 Å². The average Bonchev–Trinajstić information content (AvgIpc) is 2.20. The Labute approximate surface area is 97.2 Å². The van der Waals surface area contributed by atoms with Gasteiger partial charge in [-0.1, -0.05) is 11.6 Å². The molecule has 0 radical (unpaired) electrons. The van der Waals surface area contributed by atoms with Crippen LogP contribution in [0.25, 0.3) is 0 Å². The van der Waals surface area contributed by atoms with Gasteiger partial charge in [0.1, 0.15) is 0 Å². The van der Waals surface area contributed by atoms with E-state index in [2.05, 4.69) is 5.32 Å². The molecule has 0 saturated carbocycles. The Kier molecular flexibility index (Phi) is 3.87. The molecular weight excluding hydrogens is 232 g/mol. The minimum Gasteiger partial charge on any atom is -0.478 e. The maximum atomic E-state index is 11.3. The maximum Gasteiger partial charge on any atom is 0.337 e. The molecular formula is C10H11ClN2O3. The SMILES string of the molecule is C[C@@H](N)C(=O)Nc1ccc(Cl)cc1C(=O)O. The minimum atomic E-state index is -1.16. The summed E-state index contributed by atoms with van der Waals surface area (Å²) < 4.78 is 0. The molecule has 0 fully saturated rings. The molecule has 0 unspecified atom stereocenters. The predicted octanol–water partition coefficient (Wildman–Crippen LogP) is 1.32. The molecule has 1 aromatic carbocycles. The highest BCUT2D eigenvalue weighted by molar-refractivity contribution is 6.31. The molecule has 86 valence electrons. The van der Waals surface area contributed by atoms with Gasteiger partial charge in [0.05, 0.1) is 17.3 Å². The van der Waals surface area contributed by atoms with E-state index in [9.17, 15) is 9.59 Å². The lowest BCUT2D eigenvalue weighted by molar-refractivity contribution is -0.117. The Hall–Kier alpha value is -1.59. The Morgan fingerprint density at radius 2 is 2.12 bits per heavy atom. The van der Waals surface area contributed by atoms with E-state index >= 15 is 0 Å². The number of nitrogens with one attached hydrogen (secondary N) is 1. The highest BCUT2D eigenvalue weighted by Gasteiger charge is 2.14. The molecule has 1 amide bonds. The molecule has 1 rings (SSSR count). The molecule has 0 aliphatic rings. The lowest BCUT2D eigenvalue weighted by Gasteiger charge is -2.10. The summed E-state index contributed by atoms with van der Waals surface area (Å²) in [7, 11) is 0. The van der Waals surface area contributed by atoms with Gasteiger partial charge in [-0.05, 0) is 25.1 Å². The molecule has 0 bridgehead atoms. The van der Waals surface area contributed by atoms with Crippen molar-refractivity contribution in [2.75, 3.05) is 5.32 Å². The first-order valence-electron chi connectivity index (χ1n) is 4.51. The van der Waals surface area contributed by atoms with Crippen LogP contribution in [0.3, 0.4) is 0 Å². The summed E-state index contributed by atoms with van der Waals surface area (Å²) in [6.07, 6.45) is 0. The molecule has 1 aromatic rings. The van der Waals surface area contributed by atoms with Crippen LogP contribution in [0.4, 0.5) is 5.69 Å². The number of carbonyl (C=O) groups excluding carboxylic acids is 1. The summed E-state index contributed by atoms with van der Waals surface area (Å²) in [5.41, 5.74) is 5.47. The van der Waals surface area contributed by atoms with Crippen molar-refractivity contribution in [1.82, 2.24) is 0 Å². The number of halogens is 1. The Morgan fingerprint density at radius 3 is 2.62 bits per heavy atom. The second-order valence-corrected chi connectivity index (χ2v) is 3.71. The Morgan fingerprint density at radius 1 is 1.50 bits per heavy atom. The third-order valence-corrected chi connectivity index (χ3v) is 2.12. The van der Waals surface area contributed by atoms with Gasteiger partial charge in [0.15, 0.2) is 0 Å². The summed E-state index contributed by atoms with van der Waals surface area (Å²) in [4.78, 5) is 22.2. The third-order valence-electron chi connectivity index (χ3n) is 1.88. The average molecular weight is 243 g/mol. The summed E-state index contributed by atoms with van der Waals surface area (Å²) in [5, 5.41) is 11.6. The van der Waals surface area contributed by atoms with Crippen molar-refractivity contribution in [3.8, 4) is 0 Å². The lowest BCUT2D eigenvalue weighted by Crippen LogP contribution is -2.33. The summed E-state index contributed by atoms with van der Waals surface area (Å²) in [5.74, 6) is -1.62. The van der Waals surface area contributed by atoms with Crippen LogP contribution in [0.1, 0.15) is 17.3 Å². The summed E-state index contributed by atoms with van der Waals surface area (Å²) >= 11 is 5.66. The van der Waals surface area contributed by atoms with E-state index in [0.717, 1.165) is 0 Å². The number of carboxylic acids is 1. The zero-order chi connectivity index (χ0) is 12.3. The van der Waals surface area contributed by atoms with Crippen LogP contribution < -0.4 is 11.1 Å². The molecule has 16 heavy (non-hydrogen) atoms. The fourth-order valence-electron chi connectivity index (χ4n) is 1.05. The number of carbonyl (C=O) groups is 2. The van der Waals surface area contributed by atoms with Crippen LogP contribution in [-0.2, 0) is 4.79 Å². The second kappa shape index (κ2) is 4.96. The van der Waals surface area contributed by atoms with Crippen LogP contribution in [0.15, 0.2) is 18.2 Å². The number of amides is 1. The molecule has 4 N–H and O–H groups in total. The van der Waals surface area contributed by atoms with Gasteiger partial charge in [-0.2, -0.15) is 0 Å². The zero-order valence-electron chi connectivity index (χ0n) is 8.53. The van der Waals surface area contributed by atoms with Crippen LogP contribution in [0.5, 0.6) is 0 Å². The standard InChI is InChI=1S/C10H11ClN2O3/c1-5(12)9(14)13-8-3-2-6(11)4-7(8)10(15)16/h2-5H,12H2,1H3,(H,13,14)(H,15,16)/t5-/m1/s1. The van der Waals surface area contributed by atoms with Gasteiger partial charge in [-0.25, -0.2) is 4.79 Å². The van der Waals surface area contributed by atoms with Crippen LogP contribution in [-0.4, -0.2) is 23.0 Å². The van der Waals surface area contributed by atoms with Crippen molar-refractivity contribution in [1.29, 1.82) is 0 Å². The van der Waals surface area contributed by atoms with Gasteiger partial charge in [-0.3, -0.25) is 4.79 Å². The van der Waals surface area contributed by atoms with E-state index in [1.54, 1.807) is 0 Å². The predicted molar refractivity (Wildman–Crippen MR) is 60.7 cm³/mol. The Balaban J connectivity index is 3.04. The molecule has 0 aliphatic carbocycles. The van der Waals surface area contributed by atoms with Gasteiger partial charge in [0.2, 0.25) is 5.91 Å². The molecule has 1 atom stereocenters. The third kappa shape index (κ3) is 2.95. The number of carboxylic acid groups (broad SMARTS) is 1. The van der Waals surface area contributed by atoms with Crippen molar-refractivity contribution in [2.45, 2.75) is 13.0 Å². The van der Waals surface area contributed by atoms with Gasteiger partial charge in [-0.15, -0.1) is 0 Å².